The van der Waals surface area contributed by atoms with Gasteiger partial charge in [-0.25, -0.2) is 4.39 Å². The monoisotopic (exact) mass is 443 g/mol. The van der Waals surface area contributed by atoms with Gasteiger partial charge in [0.15, 0.2) is 22.9 Å². The van der Waals surface area contributed by atoms with E-state index in [1.165, 1.54) is 12.1 Å². The van der Waals surface area contributed by atoms with Crippen LogP contribution in [0.2, 0.25) is 0 Å². The first-order valence-electron chi connectivity index (χ1n) is 9.79. The molecule has 0 aliphatic carbocycles. The van der Waals surface area contributed by atoms with Gasteiger partial charge in [-0.15, -0.1) is 0 Å². The van der Waals surface area contributed by atoms with Crippen molar-refractivity contribution in [1.29, 1.82) is 0 Å². The third-order valence-electron chi connectivity index (χ3n) is 5.54. The second-order valence-electron chi connectivity index (χ2n) is 7.97. The molecule has 0 spiro atoms. The molecule has 0 unspecified atom stereocenters. The minimum Gasteiger partial charge on any atom is -1.00 e. The molecule has 31 heavy (non-hydrogen) atoms. The Bertz CT molecular complexity index is 1160. The van der Waals surface area contributed by atoms with E-state index in [1.54, 1.807) is 50.6 Å². The van der Waals surface area contributed by atoms with Crippen molar-refractivity contribution in [2.45, 2.75) is 25.8 Å². The average Bonchev–Trinajstić information content (AvgIpc) is 2.72. The van der Waals surface area contributed by atoms with E-state index in [2.05, 4.69) is 0 Å². The normalized spacial score (nSPS) is 14.5. The molecular weight excluding hydrogens is 420 g/mol. The smallest absolute Gasteiger partial charge is 0.242 e. The van der Waals surface area contributed by atoms with Gasteiger partial charge in [0, 0.05) is 26.3 Å². The highest BCUT2D eigenvalue weighted by molar-refractivity contribution is 6.12. The van der Waals surface area contributed by atoms with Gasteiger partial charge in [0.2, 0.25) is 11.4 Å². The third kappa shape index (κ3) is 3.90. The molecule has 0 N–H and O–H groups in total. The third-order valence-corrected chi connectivity index (χ3v) is 5.54. The van der Waals surface area contributed by atoms with E-state index in [4.69, 9.17) is 9.47 Å². The molecular formula is C25H24ClF2NO2. The van der Waals surface area contributed by atoms with Crippen molar-refractivity contribution in [3.63, 3.8) is 0 Å². The zero-order valence-electron chi connectivity index (χ0n) is 17.9. The molecule has 1 aliphatic heterocycles. The Balaban J connectivity index is 0.00000272. The molecule has 3 nitrogen and oxygen atoms in total. The zero-order chi connectivity index (χ0) is 21.5. The fourth-order valence-electron chi connectivity index (χ4n) is 4.25. The molecule has 3 aromatic rings. The number of nitrogens with zero attached hydrogens (tertiary/aromatic N) is 1. The summed E-state index contributed by atoms with van der Waals surface area (Å²) in [6, 6.07) is 16.9. The summed E-state index contributed by atoms with van der Waals surface area (Å²) in [7, 11) is 3.15. The topological polar surface area (TPSA) is 21.5 Å². The summed E-state index contributed by atoms with van der Waals surface area (Å²) < 4.78 is 42.9. The lowest BCUT2D eigenvalue weighted by atomic mass is 9.82. The first-order chi connectivity index (χ1) is 14.4. The van der Waals surface area contributed by atoms with Crippen LogP contribution >= 0.6 is 0 Å². The maximum Gasteiger partial charge on any atom is 0.242 e. The lowest BCUT2D eigenvalue weighted by molar-refractivity contribution is -0.527. The van der Waals surface area contributed by atoms with Crippen LogP contribution in [-0.4, -0.2) is 30.0 Å². The average molecular weight is 444 g/mol. The molecule has 0 saturated heterocycles. The number of para-hydroxylation sites is 1. The molecule has 1 heterocycles. The maximum atomic E-state index is 15.0. The fourth-order valence-corrected chi connectivity index (χ4v) is 4.25. The second kappa shape index (κ2) is 8.67. The second-order valence-corrected chi connectivity index (χ2v) is 7.97. The summed E-state index contributed by atoms with van der Waals surface area (Å²) in [5.41, 5.74) is 2.67. The van der Waals surface area contributed by atoms with Crippen LogP contribution < -0.4 is 21.9 Å². The molecule has 0 fully saturated rings. The summed E-state index contributed by atoms with van der Waals surface area (Å²) in [5.74, 6) is 0.424. The number of hydrogen-bond donors (Lipinski definition) is 0. The molecule has 0 aromatic heterocycles. The van der Waals surface area contributed by atoms with E-state index in [9.17, 15) is 4.39 Å². The van der Waals surface area contributed by atoms with Gasteiger partial charge < -0.3 is 21.9 Å². The Morgan fingerprint density at radius 1 is 0.806 bits per heavy atom. The van der Waals surface area contributed by atoms with Crippen molar-refractivity contribution >= 4 is 11.4 Å². The zero-order valence-corrected chi connectivity index (χ0v) is 18.6. The Morgan fingerprint density at radius 2 is 1.39 bits per heavy atom. The number of fused-ring (bicyclic) bond motifs is 1. The van der Waals surface area contributed by atoms with E-state index in [0.29, 0.717) is 34.9 Å². The quantitative estimate of drug-likeness (QED) is 0.578. The van der Waals surface area contributed by atoms with Crippen molar-refractivity contribution in [1.82, 2.24) is 0 Å². The Morgan fingerprint density at radius 3 is 2.00 bits per heavy atom. The fraction of sp³-hybridized carbons (Fsp3) is 0.240. The molecule has 1 aliphatic rings. The van der Waals surface area contributed by atoms with Crippen molar-refractivity contribution in [2.24, 2.45) is 0 Å². The largest absolute Gasteiger partial charge is 1.00 e. The van der Waals surface area contributed by atoms with Crippen LogP contribution in [0.1, 0.15) is 30.5 Å². The summed E-state index contributed by atoms with van der Waals surface area (Å²) in [4.78, 5) is 0. The Kier molecular flexibility index (Phi) is 6.37. The van der Waals surface area contributed by atoms with Gasteiger partial charge in [-0.05, 0) is 35.9 Å². The molecule has 4 rings (SSSR count). The summed E-state index contributed by atoms with van der Waals surface area (Å²) in [6.07, 6.45) is 0.620. The van der Waals surface area contributed by atoms with Crippen LogP contribution in [0.5, 0.6) is 11.5 Å². The first-order valence-corrected chi connectivity index (χ1v) is 9.79. The van der Waals surface area contributed by atoms with E-state index in [-0.39, 0.29) is 24.0 Å². The van der Waals surface area contributed by atoms with Gasteiger partial charge in [0.25, 0.3) is 0 Å². The maximum absolute atomic E-state index is 15.0. The number of halogens is 3. The molecule has 3 aromatic carbocycles. The number of ether oxygens (including phenoxy) is 2. The SMILES string of the molecule is COc1cc2c(cc1OC)C(c1ccccc1F)=[N+](c1ccccc1F)C(C)(C)C2.[Cl-]. The van der Waals surface area contributed by atoms with E-state index in [0.717, 1.165) is 11.1 Å². The van der Waals surface area contributed by atoms with Gasteiger partial charge in [-0.3, -0.25) is 0 Å². The minimum absolute atomic E-state index is 0. The molecule has 0 radical (unpaired) electrons. The predicted octanol–water partition coefficient (Wildman–Crippen LogP) is 2.50. The van der Waals surface area contributed by atoms with Gasteiger partial charge in [0.1, 0.15) is 5.82 Å². The van der Waals surface area contributed by atoms with Gasteiger partial charge in [0.05, 0.1) is 25.3 Å². The van der Waals surface area contributed by atoms with Crippen molar-refractivity contribution in [3.8, 4) is 11.5 Å². The van der Waals surface area contributed by atoms with Crippen molar-refractivity contribution in [2.75, 3.05) is 14.2 Å². The number of hydrogen-bond acceptors (Lipinski definition) is 2. The van der Waals surface area contributed by atoms with Gasteiger partial charge in [-0.2, -0.15) is 8.97 Å². The van der Waals surface area contributed by atoms with Crippen molar-refractivity contribution < 1.29 is 35.2 Å². The highest BCUT2D eigenvalue weighted by atomic mass is 35.5. The highest BCUT2D eigenvalue weighted by Gasteiger charge is 2.44. The summed E-state index contributed by atoms with van der Waals surface area (Å²) in [5, 5.41) is 0. The van der Waals surface area contributed by atoms with Crippen LogP contribution in [0.3, 0.4) is 0 Å². The van der Waals surface area contributed by atoms with E-state index in [1.807, 2.05) is 30.6 Å². The first kappa shape index (κ1) is 22.8. The number of methoxy groups -OCH3 is 2. The van der Waals surface area contributed by atoms with Crippen LogP contribution in [-0.2, 0) is 6.42 Å². The van der Waals surface area contributed by atoms with E-state index < -0.39 is 5.54 Å². The van der Waals surface area contributed by atoms with Gasteiger partial charge in [-0.1, -0.05) is 24.3 Å². The summed E-state index contributed by atoms with van der Waals surface area (Å²) >= 11 is 0. The predicted molar refractivity (Wildman–Crippen MR) is 113 cm³/mol. The molecule has 0 atom stereocenters. The summed E-state index contributed by atoms with van der Waals surface area (Å²) in [6.45, 7) is 4.06. The number of rotatable bonds is 4. The van der Waals surface area contributed by atoms with Crippen LogP contribution in [0.4, 0.5) is 14.5 Å². The van der Waals surface area contributed by atoms with Crippen LogP contribution in [0.25, 0.3) is 0 Å². The lowest BCUT2D eigenvalue weighted by Gasteiger charge is -2.31. The lowest BCUT2D eigenvalue weighted by Crippen LogP contribution is -3.00. The van der Waals surface area contributed by atoms with E-state index >= 15 is 4.39 Å². The highest BCUT2D eigenvalue weighted by Crippen LogP contribution is 2.40. The minimum atomic E-state index is -0.521. The van der Waals surface area contributed by atoms with Crippen LogP contribution in [0.15, 0.2) is 60.7 Å². The Hall–Kier alpha value is -2.92. The number of benzene rings is 3. The Labute approximate surface area is 187 Å². The molecule has 0 saturated carbocycles. The van der Waals surface area contributed by atoms with Crippen LogP contribution in [0, 0.1) is 11.6 Å². The molecule has 162 valence electrons. The molecule has 0 amide bonds. The van der Waals surface area contributed by atoms with Gasteiger partial charge >= 0.3 is 0 Å². The molecule has 0 bridgehead atoms. The molecule has 6 heteroatoms. The standard InChI is InChI=1S/C25H24F2NO2.ClH/c1-25(2)15-16-13-22(29-3)23(30-4)14-18(16)24(17-9-5-6-10-19(17)26)28(25)21-12-8-7-11-20(21)27;/h5-14H,15H2,1-4H3;1H/q+1;/p-1. The van der Waals surface area contributed by atoms with Crippen molar-refractivity contribution in [3.05, 3.63) is 89.0 Å².